The second-order valence-corrected chi connectivity index (χ2v) is 6.81. The van der Waals surface area contributed by atoms with Crippen molar-refractivity contribution < 1.29 is 14.3 Å². The quantitative estimate of drug-likeness (QED) is 0.497. The molecule has 7 heteroatoms. The molecule has 2 heterocycles. The van der Waals surface area contributed by atoms with E-state index in [1.807, 2.05) is 42.5 Å². The zero-order chi connectivity index (χ0) is 18.8. The summed E-state index contributed by atoms with van der Waals surface area (Å²) in [5.74, 6) is 0.160. The highest BCUT2D eigenvalue weighted by Crippen LogP contribution is 2.16. The van der Waals surface area contributed by atoms with Crippen molar-refractivity contribution in [3.05, 3.63) is 69.0 Å². The number of hydrogen-bond acceptors (Lipinski definition) is 6. The van der Waals surface area contributed by atoms with Crippen molar-refractivity contribution in [2.75, 3.05) is 13.2 Å². The first-order valence-electron chi connectivity index (χ1n) is 8.46. The van der Waals surface area contributed by atoms with Crippen LogP contribution in [0.15, 0.2) is 53.3 Å². The van der Waals surface area contributed by atoms with E-state index in [2.05, 4.69) is 4.98 Å². The standard InChI is InChI=1S/C20H16N2O4S/c1-2-25-18(23)12-26-14-9-7-13(8-10-14)11-17-19(24)22-16-6-4-3-5-15(16)21-20(22)27-17/h3-11H,2,12H2,1H3/b17-11+. The number of fused-ring (bicyclic) bond motifs is 3. The average molecular weight is 380 g/mol. The molecule has 4 aromatic rings. The lowest BCUT2D eigenvalue weighted by molar-refractivity contribution is -0.145. The fourth-order valence-electron chi connectivity index (χ4n) is 2.77. The maximum atomic E-state index is 12.7. The number of hydrogen-bond donors (Lipinski definition) is 0. The van der Waals surface area contributed by atoms with E-state index < -0.39 is 5.97 Å². The van der Waals surface area contributed by atoms with Gasteiger partial charge in [-0.25, -0.2) is 14.2 Å². The molecule has 2 aromatic carbocycles. The summed E-state index contributed by atoms with van der Waals surface area (Å²) in [4.78, 5) is 29.2. The van der Waals surface area contributed by atoms with Gasteiger partial charge in [0.05, 0.1) is 22.2 Å². The molecule has 2 aromatic heterocycles. The molecule has 136 valence electrons. The first-order chi connectivity index (χ1) is 13.2. The largest absolute Gasteiger partial charge is 0.482 e. The molecule has 0 aliphatic heterocycles. The summed E-state index contributed by atoms with van der Waals surface area (Å²) in [5.41, 5.74) is 2.42. The van der Waals surface area contributed by atoms with Crippen LogP contribution in [0.25, 0.3) is 22.1 Å². The molecule has 0 saturated carbocycles. The minimum Gasteiger partial charge on any atom is -0.482 e. The van der Waals surface area contributed by atoms with Crippen LogP contribution in [0.2, 0.25) is 0 Å². The maximum Gasteiger partial charge on any atom is 0.344 e. The summed E-state index contributed by atoms with van der Waals surface area (Å²) in [6.07, 6.45) is 1.82. The van der Waals surface area contributed by atoms with Gasteiger partial charge in [0.2, 0.25) is 0 Å². The maximum absolute atomic E-state index is 12.7. The molecule has 0 bridgehead atoms. The van der Waals surface area contributed by atoms with Gasteiger partial charge in [0.15, 0.2) is 11.6 Å². The van der Waals surface area contributed by atoms with Gasteiger partial charge in [-0.2, -0.15) is 0 Å². The third-order valence-electron chi connectivity index (χ3n) is 3.99. The van der Waals surface area contributed by atoms with Crippen LogP contribution in [0.4, 0.5) is 0 Å². The number of para-hydroxylation sites is 2. The van der Waals surface area contributed by atoms with E-state index in [1.165, 1.54) is 11.3 Å². The van der Waals surface area contributed by atoms with Crippen LogP contribution in [0, 0.1) is 0 Å². The predicted octanol–water partition coefficient (Wildman–Crippen LogP) is 2.40. The Labute approximate surface area is 158 Å². The van der Waals surface area contributed by atoms with Crippen molar-refractivity contribution in [2.45, 2.75) is 6.92 Å². The molecule has 0 N–H and O–H groups in total. The summed E-state index contributed by atoms with van der Waals surface area (Å²) >= 11 is 1.36. The first kappa shape index (κ1) is 17.2. The number of carbonyl (C=O) groups excluding carboxylic acids is 1. The molecule has 0 aliphatic carbocycles. The summed E-state index contributed by atoms with van der Waals surface area (Å²) in [5, 5.41) is 0. The number of ether oxygens (including phenoxy) is 2. The van der Waals surface area contributed by atoms with Gasteiger partial charge in [-0.3, -0.25) is 4.79 Å². The van der Waals surface area contributed by atoms with Crippen molar-refractivity contribution in [1.29, 1.82) is 0 Å². The van der Waals surface area contributed by atoms with Crippen LogP contribution in [0.1, 0.15) is 12.5 Å². The zero-order valence-corrected chi connectivity index (χ0v) is 15.4. The highest BCUT2D eigenvalue weighted by molar-refractivity contribution is 7.15. The molecule has 0 spiro atoms. The minimum atomic E-state index is -0.404. The van der Waals surface area contributed by atoms with Crippen molar-refractivity contribution >= 4 is 39.4 Å². The van der Waals surface area contributed by atoms with Gasteiger partial charge in [0, 0.05) is 0 Å². The van der Waals surface area contributed by atoms with Crippen LogP contribution in [0.5, 0.6) is 5.75 Å². The van der Waals surface area contributed by atoms with Gasteiger partial charge < -0.3 is 9.47 Å². The van der Waals surface area contributed by atoms with Gasteiger partial charge in [-0.1, -0.05) is 35.6 Å². The monoisotopic (exact) mass is 380 g/mol. The Balaban J connectivity index is 1.61. The fraction of sp³-hybridized carbons (Fsp3) is 0.150. The second-order valence-electron chi connectivity index (χ2n) is 5.80. The van der Waals surface area contributed by atoms with Crippen molar-refractivity contribution in [2.24, 2.45) is 0 Å². The number of esters is 1. The minimum absolute atomic E-state index is 0.0775. The number of nitrogens with zero attached hydrogens (tertiary/aromatic N) is 2. The molecular weight excluding hydrogens is 364 g/mol. The van der Waals surface area contributed by atoms with E-state index in [1.54, 1.807) is 23.5 Å². The zero-order valence-electron chi connectivity index (χ0n) is 14.5. The summed E-state index contributed by atoms with van der Waals surface area (Å²) in [7, 11) is 0. The smallest absolute Gasteiger partial charge is 0.344 e. The number of aromatic nitrogens is 2. The first-order valence-corrected chi connectivity index (χ1v) is 9.27. The number of carbonyl (C=O) groups is 1. The van der Waals surface area contributed by atoms with E-state index >= 15 is 0 Å². The Morgan fingerprint density at radius 3 is 2.74 bits per heavy atom. The summed E-state index contributed by atoms with van der Waals surface area (Å²) < 4.78 is 12.4. The van der Waals surface area contributed by atoms with Crippen molar-refractivity contribution in [3.63, 3.8) is 0 Å². The fourth-order valence-corrected chi connectivity index (χ4v) is 3.76. The van der Waals surface area contributed by atoms with Crippen LogP contribution < -0.4 is 14.8 Å². The number of benzene rings is 2. The van der Waals surface area contributed by atoms with Crippen molar-refractivity contribution in [1.82, 2.24) is 9.38 Å². The Hall–Kier alpha value is -3.19. The predicted molar refractivity (Wildman–Crippen MR) is 104 cm³/mol. The van der Waals surface area contributed by atoms with Crippen LogP contribution in [0.3, 0.4) is 0 Å². The third-order valence-corrected chi connectivity index (χ3v) is 4.95. The van der Waals surface area contributed by atoms with Crippen LogP contribution >= 0.6 is 11.3 Å². The molecule has 0 fully saturated rings. The topological polar surface area (TPSA) is 69.9 Å². The van der Waals surface area contributed by atoms with Gasteiger partial charge in [-0.05, 0) is 42.8 Å². The van der Waals surface area contributed by atoms with E-state index in [9.17, 15) is 9.59 Å². The SMILES string of the molecule is CCOC(=O)COc1ccc(/C=c2/sc3nc4ccccc4n3c2=O)cc1. The third kappa shape index (κ3) is 3.41. The molecule has 4 rings (SSSR count). The van der Waals surface area contributed by atoms with Crippen molar-refractivity contribution in [3.8, 4) is 5.75 Å². The highest BCUT2D eigenvalue weighted by Gasteiger charge is 2.10. The Morgan fingerprint density at radius 1 is 1.19 bits per heavy atom. The van der Waals surface area contributed by atoms with E-state index in [0.29, 0.717) is 21.8 Å². The molecule has 6 nitrogen and oxygen atoms in total. The molecule has 0 saturated heterocycles. The highest BCUT2D eigenvalue weighted by atomic mass is 32.1. The van der Waals surface area contributed by atoms with Gasteiger partial charge >= 0.3 is 5.97 Å². The van der Waals surface area contributed by atoms with Crippen LogP contribution in [-0.4, -0.2) is 28.6 Å². The molecule has 0 radical (unpaired) electrons. The molecule has 0 unspecified atom stereocenters. The lowest BCUT2D eigenvalue weighted by atomic mass is 10.2. The number of rotatable bonds is 5. The Bertz CT molecular complexity index is 1220. The number of thiazole rings is 1. The summed E-state index contributed by atoms with van der Waals surface area (Å²) in [6.45, 7) is 1.95. The van der Waals surface area contributed by atoms with E-state index in [-0.39, 0.29) is 12.2 Å². The van der Waals surface area contributed by atoms with Gasteiger partial charge in [-0.15, -0.1) is 0 Å². The molecule has 0 aliphatic rings. The lowest BCUT2D eigenvalue weighted by Gasteiger charge is -2.05. The normalized spacial score (nSPS) is 12.0. The van der Waals surface area contributed by atoms with Gasteiger partial charge in [0.25, 0.3) is 5.56 Å². The lowest BCUT2D eigenvalue weighted by Crippen LogP contribution is -2.22. The van der Waals surface area contributed by atoms with Gasteiger partial charge in [0.1, 0.15) is 5.75 Å². The molecule has 0 amide bonds. The number of imidazole rings is 1. The summed E-state index contributed by atoms with van der Waals surface area (Å²) in [6, 6.07) is 14.8. The Morgan fingerprint density at radius 2 is 1.96 bits per heavy atom. The second kappa shape index (κ2) is 7.20. The van der Waals surface area contributed by atoms with Crippen LogP contribution in [-0.2, 0) is 9.53 Å². The average Bonchev–Trinajstić information content (AvgIpc) is 3.18. The van der Waals surface area contributed by atoms with E-state index in [4.69, 9.17) is 9.47 Å². The molecule has 27 heavy (non-hydrogen) atoms. The Kier molecular flexibility index (Phi) is 4.60. The molecule has 0 atom stereocenters. The molecular formula is C20H16N2O4S. The van der Waals surface area contributed by atoms with E-state index in [0.717, 1.165) is 16.6 Å².